The number of hydrogen-bond donors (Lipinski definition) is 1. The van der Waals surface area contributed by atoms with Gasteiger partial charge in [-0.05, 0) is 17.7 Å². The number of halogens is 1. The number of benzene rings is 1. The van der Waals surface area contributed by atoms with Gasteiger partial charge in [0.1, 0.15) is 10.8 Å². The number of methoxy groups -OCH3 is 1. The van der Waals surface area contributed by atoms with Crippen molar-refractivity contribution in [3.63, 3.8) is 0 Å². The van der Waals surface area contributed by atoms with E-state index in [9.17, 15) is 0 Å². The number of ether oxygens (including phenoxy) is 1. The minimum atomic E-state index is 0.351. The Bertz CT molecular complexity index is 476. The molecule has 0 aliphatic heterocycles. The first kappa shape index (κ1) is 10.8. The fourth-order valence-electron chi connectivity index (χ4n) is 1.45. The van der Waals surface area contributed by atoms with Crippen molar-refractivity contribution in [3.05, 3.63) is 41.0 Å². The minimum absolute atomic E-state index is 0.351. The largest absolute Gasteiger partial charge is 0.497 e. The Labute approximate surface area is 98.6 Å². The number of anilines is 1. The summed E-state index contributed by atoms with van der Waals surface area (Å²) in [5.74, 6) is 1.17. The monoisotopic (exact) mass is 237 g/mol. The molecule has 0 bridgehead atoms. The second-order valence-corrected chi connectivity index (χ2v) is 3.82. The number of nitrogen functional groups attached to an aromatic ring is 1. The van der Waals surface area contributed by atoms with Gasteiger partial charge in [-0.2, -0.15) is 5.10 Å². The van der Waals surface area contributed by atoms with E-state index in [1.54, 1.807) is 18.0 Å². The summed E-state index contributed by atoms with van der Waals surface area (Å²) < 4.78 is 6.84. The Balaban J connectivity index is 2.20. The van der Waals surface area contributed by atoms with Gasteiger partial charge in [-0.3, -0.25) is 4.68 Å². The van der Waals surface area contributed by atoms with Gasteiger partial charge in [0.2, 0.25) is 0 Å². The van der Waals surface area contributed by atoms with Crippen molar-refractivity contribution >= 4 is 17.4 Å². The van der Waals surface area contributed by atoms with E-state index in [0.29, 0.717) is 17.4 Å². The van der Waals surface area contributed by atoms with Crippen molar-refractivity contribution in [1.82, 2.24) is 9.78 Å². The molecule has 0 aliphatic rings. The second kappa shape index (κ2) is 4.45. The third kappa shape index (κ3) is 2.28. The molecule has 0 atom stereocenters. The topological polar surface area (TPSA) is 53.1 Å². The van der Waals surface area contributed by atoms with E-state index in [2.05, 4.69) is 5.10 Å². The molecular weight excluding hydrogens is 226 g/mol. The first-order valence-electron chi connectivity index (χ1n) is 4.80. The minimum Gasteiger partial charge on any atom is -0.497 e. The van der Waals surface area contributed by atoms with Gasteiger partial charge in [0.25, 0.3) is 0 Å². The molecule has 2 N–H and O–H groups in total. The van der Waals surface area contributed by atoms with Gasteiger partial charge in [-0.15, -0.1) is 0 Å². The fraction of sp³-hybridized carbons (Fsp3) is 0.182. The first-order valence-corrected chi connectivity index (χ1v) is 5.18. The lowest BCUT2D eigenvalue weighted by Gasteiger charge is -2.04. The van der Waals surface area contributed by atoms with Gasteiger partial charge < -0.3 is 10.5 Å². The van der Waals surface area contributed by atoms with Crippen LogP contribution in [0.25, 0.3) is 0 Å². The zero-order chi connectivity index (χ0) is 11.5. The Morgan fingerprint density at radius 2 is 2.31 bits per heavy atom. The van der Waals surface area contributed by atoms with Gasteiger partial charge in [-0.1, -0.05) is 23.7 Å². The van der Waals surface area contributed by atoms with Crippen molar-refractivity contribution < 1.29 is 4.74 Å². The third-order valence-corrected chi connectivity index (χ3v) is 2.51. The van der Waals surface area contributed by atoms with Crippen LogP contribution < -0.4 is 10.5 Å². The normalized spacial score (nSPS) is 10.4. The van der Waals surface area contributed by atoms with Crippen LogP contribution >= 0.6 is 11.6 Å². The predicted molar refractivity (Wildman–Crippen MR) is 63.7 cm³/mol. The summed E-state index contributed by atoms with van der Waals surface area (Å²) in [5, 5.41) is 4.56. The van der Waals surface area contributed by atoms with Crippen molar-refractivity contribution in [3.8, 4) is 5.75 Å². The Hall–Kier alpha value is -1.68. The van der Waals surface area contributed by atoms with Crippen LogP contribution in [0.1, 0.15) is 5.56 Å². The summed E-state index contributed by atoms with van der Waals surface area (Å²) in [5.41, 5.74) is 6.64. The Morgan fingerprint density at radius 3 is 2.94 bits per heavy atom. The van der Waals surface area contributed by atoms with Gasteiger partial charge in [0.15, 0.2) is 5.82 Å². The molecule has 0 radical (unpaired) electrons. The van der Waals surface area contributed by atoms with Crippen LogP contribution in [0.5, 0.6) is 5.75 Å². The molecule has 2 rings (SSSR count). The smallest absolute Gasteiger partial charge is 0.164 e. The number of rotatable bonds is 3. The van der Waals surface area contributed by atoms with Crippen molar-refractivity contribution in [2.45, 2.75) is 6.54 Å². The molecule has 0 saturated heterocycles. The maximum Gasteiger partial charge on any atom is 0.164 e. The summed E-state index contributed by atoms with van der Waals surface area (Å²) in [7, 11) is 1.64. The van der Waals surface area contributed by atoms with Gasteiger partial charge in [0, 0.05) is 6.20 Å². The number of nitrogens with two attached hydrogens (primary N) is 1. The van der Waals surface area contributed by atoms with E-state index < -0.39 is 0 Å². The number of aromatic nitrogens is 2. The molecule has 1 heterocycles. The van der Waals surface area contributed by atoms with Crippen LogP contribution in [-0.2, 0) is 6.54 Å². The predicted octanol–water partition coefficient (Wildman–Crippen LogP) is 2.18. The Kier molecular flexibility index (Phi) is 3.01. The molecule has 5 heteroatoms. The van der Waals surface area contributed by atoms with E-state index in [0.717, 1.165) is 11.3 Å². The van der Waals surface area contributed by atoms with E-state index >= 15 is 0 Å². The average molecular weight is 238 g/mol. The maximum atomic E-state index is 5.82. The molecule has 0 aliphatic carbocycles. The van der Waals surface area contributed by atoms with Crippen LogP contribution in [0.3, 0.4) is 0 Å². The summed E-state index contributed by atoms with van der Waals surface area (Å²) in [4.78, 5) is 0. The SMILES string of the molecule is COc1cccc(Cn2cc(Cl)c(N)n2)c1. The molecule has 4 nitrogen and oxygen atoms in total. The lowest BCUT2D eigenvalue weighted by molar-refractivity contribution is 0.414. The van der Waals surface area contributed by atoms with E-state index in [4.69, 9.17) is 22.1 Å². The zero-order valence-electron chi connectivity index (χ0n) is 8.85. The first-order chi connectivity index (χ1) is 7.69. The molecule has 2 aromatic rings. The molecule has 1 aromatic heterocycles. The molecule has 0 spiro atoms. The molecule has 0 saturated carbocycles. The van der Waals surface area contributed by atoms with E-state index in [-0.39, 0.29) is 0 Å². The van der Waals surface area contributed by atoms with Gasteiger partial charge in [0.05, 0.1) is 13.7 Å². The highest BCUT2D eigenvalue weighted by Crippen LogP contribution is 2.18. The van der Waals surface area contributed by atoms with Crippen molar-refractivity contribution in [1.29, 1.82) is 0 Å². The number of hydrogen-bond acceptors (Lipinski definition) is 3. The molecule has 84 valence electrons. The van der Waals surface area contributed by atoms with E-state index in [1.807, 2.05) is 24.3 Å². The van der Waals surface area contributed by atoms with E-state index in [1.165, 1.54) is 0 Å². The highest BCUT2D eigenvalue weighted by molar-refractivity contribution is 6.32. The third-order valence-electron chi connectivity index (χ3n) is 2.22. The summed E-state index contributed by atoms with van der Waals surface area (Å²) in [6.07, 6.45) is 1.70. The van der Waals surface area contributed by atoms with Crippen LogP contribution in [0.15, 0.2) is 30.5 Å². The van der Waals surface area contributed by atoms with Gasteiger partial charge >= 0.3 is 0 Å². The van der Waals surface area contributed by atoms with Crippen molar-refractivity contribution in [2.75, 3.05) is 12.8 Å². The fourth-order valence-corrected chi connectivity index (χ4v) is 1.60. The lowest BCUT2D eigenvalue weighted by Crippen LogP contribution is -2.01. The molecule has 0 amide bonds. The lowest BCUT2D eigenvalue weighted by atomic mass is 10.2. The standard InChI is InChI=1S/C11H12ClN3O/c1-16-9-4-2-3-8(5-9)6-15-7-10(12)11(13)14-15/h2-5,7H,6H2,1H3,(H2,13,14). The van der Waals surface area contributed by atoms with Crippen LogP contribution in [0.4, 0.5) is 5.82 Å². The van der Waals surface area contributed by atoms with Crippen LogP contribution in [0, 0.1) is 0 Å². The molecule has 0 fully saturated rings. The highest BCUT2D eigenvalue weighted by atomic mass is 35.5. The van der Waals surface area contributed by atoms with Gasteiger partial charge in [-0.25, -0.2) is 0 Å². The van der Waals surface area contributed by atoms with Crippen molar-refractivity contribution in [2.24, 2.45) is 0 Å². The van der Waals surface area contributed by atoms with Crippen LogP contribution in [-0.4, -0.2) is 16.9 Å². The zero-order valence-corrected chi connectivity index (χ0v) is 9.61. The summed E-state index contributed by atoms with van der Waals surface area (Å²) in [6, 6.07) is 7.77. The van der Waals surface area contributed by atoms with Crippen LogP contribution in [0.2, 0.25) is 5.02 Å². The highest BCUT2D eigenvalue weighted by Gasteiger charge is 2.03. The number of nitrogens with zero attached hydrogens (tertiary/aromatic N) is 2. The molecular formula is C11H12ClN3O. The summed E-state index contributed by atoms with van der Waals surface area (Å²) in [6.45, 7) is 0.619. The molecule has 1 aromatic carbocycles. The maximum absolute atomic E-state index is 5.82. The molecule has 16 heavy (non-hydrogen) atoms. The second-order valence-electron chi connectivity index (χ2n) is 3.41. The summed E-state index contributed by atoms with van der Waals surface area (Å²) >= 11 is 5.82. The quantitative estimate of drug-likeness (QED) is 0.890. The Morgan fingerprint density at radius 1 is 1.50 bits per heavy atom. The average Bonchev–Trinajstić information content (AvgIpc) is 2.58. The molecule has 0 unspecified atom stereocenters.